The van der Waals surface area contributed by atoms with Crippen molar-refractivity contribution in [3.8, 4) is 0 Å². The molecule has 1 N–H and O–H groups in total. The number of nitrogens with zero attached hydrogens (tertiary/aromatic N) is 3. The van der Waals surface area contributed by atoms with Gasteiger partial charge in [0.2, 0.25) is 0 Å². The molecule has 0 aliphatic heterocycles. The van der Waals surface area contributed by atoms with E-state index in [0.29, 0.717) is 0 Å². The number of para-hydroxylation sites is 1. The van der Waals surface area contributed by atoms with Crippen molar-refractivity contribution in [2.75, 3.05) is 6.54 Å². The van der Waals surface area contributed by atoms with Crippen molar-refractivity contribution < 1.29 is 0 Å². The number of fused-ring (bicyclic) bond motifs is 1. The van der Waals surface area contributed by atoms with Crippen molar-refractivity contribution >= 4 is 10.9 Å². The lowest BCUT2D eigenvalue weighted by atomic mass is 10.1. The quantitative estimate of drug-likeness (QED) is 0.730. The molecule has 0 amide bonds. The molecule has 3 aromatic rings. The molecule has 2 heterocycles. The fraction of sp³-hybridized carbons (Fsp3) is 0.353. The first-order chi connectivity index (χ1) is 10.2. The molecule has 2 aromatic heterocycles. The van der Waals surface area contributed by atoms with E-state index in [-0.39, 0.29) is 0 Å². The number of rotatable bonds is 5. The first-order valence-electron chi connectivity index (χ1n) is 7.38. The van der Waals surface area contributed by atoms with Crippen molar-refractivity contribution in [3.63, 3.8) is 0 Å². The van der Waals surface area contributed by atoms with Crippen LogP contribution in [0.25, 0.3) is 10.9 Å². The number of aryl methyl sites for hydroxylation is 3. The van der Waals surface area contributed by atoms with Crippen LogP contribution in [0.3, 0.4) is 0 Å². The second-order valence-electron chi connectivity index (χ2n) is 5.53. The second-order valence-corrected chi connectivity index (χ2v) is 5.53. The molecule has 4 nitrogen and oxygen atoms in total. The van der Waals surface area contributed by atoms with E-state index in [9.17, 15) is 0 Å². The van der Waals surface area contributed by atoms with Gasteiger partial charge in [0.1, 0.15) is 5.82 Å². The molecule has 0 saturated carbocycles. The highest BCUT2D eigenvalue weighted by atomic mass is 15.0. The van der Waals surface area contributed by atoms with Gasteiger partial charge in [0.05, 0.1) is 0 Å². The van der Waals surface area contributed by atoms with Gasteiger partial charge in [0.15, 0.2) is 0 Å². The van der Waals surface area contributed by atoms with Gasteiger partial charge >= 0.3 is 0 Å². The molecular weight excluding hydrogens is 260 g/mol. The Morgan fingerprint density at radius 1 is 1.19 bits per heavy atom. The van der Waals surface area contributed by atoms with Crippen LogP contribution in [0.1, 0.15) is 17.1 Å². The summed E-state index contributed by atoms with van der Waals surface area (Å²) in [6, 6.07) is 8.58. The fourth-order valence-electron chi connectivity index (χ4n) is 2.93. The van der Waals surface area contributed by atoms with Crippen molar-refractivity contribution in [2.24, 2.45) is 14.1 Å². The molecule has 21 heavy (non-hydrogen) atoms. The lowest BCUT2D eigenvalue weighted by Crippen LogP contribution is -2.20. The van der Waals surface area contributed by atoms with E-state index in [1.54, 1.807) is 0 Å². The maximum atomic E-state index is 4.35. The monoisotopic (exact) mass is 282 g/mol. The molecule has 0 unspecified atom stereocenters. The normalized spacial score (nSPS) is 11.4. The van der Waals surface area contributed by atoms with Gasteiger partial charge in [0, 0.05) is 62.6 Å². The van der Waals surface area contributed by atoms with E-state index < -0.39 is 0 Å². The molecule has 0 saturated heterocycles. The summed E-state index contributed by atoms with van der Waals surface area (Å²) in [7, 11) is 4.18. The molecule has 4 heteroatoms. The van der Waals surface area contributed by atoms with Crippen LogP contribution in [0.15, 0.2) is 36.7 Å². The third-order valence-corrected chi connectivity index (χ3v) is 4.25. The summed E-state index contributed by atoms with van der Waals surface area (Å²) >= 11 is 0. The highest BCUT2D eigenvalue weighted by Gasteiger charge is 2.10. The highest BCUT2D eigenvalue weighted by molar-refractivity contribution is 5.85. The number of benzene rings is 1. The molecule has 0 aliphatic rings. The van der Waals surface area contributed by atoms with Gasteiger partial charge in [-0.25, -0.2) is 4.98 Å². The summed E-state index contributed by atoms with van der Waals surface area (Å²) in [6.07, 6.45) is 4.79. The van der Waals surface area contributed by atoms with E-state index in [0.717, 1.165) is 25.3 Å². The standard InChI is InChI=1S/C17H22N4/c1-13-14-6-4-5-7-15(14)21(3)16(13)12-18-9-8-17-19-10-11-20(17)2/h4-7,10-11,18H,8-9,12H2,1-3H3. The molecular formula is C17H22N4. The van der Waals surface area contributed by atoms with Crippen molar-refractivity contribution in [1.29, 1.82) is 0 Å². The lowest BCUT2D eigenvalue weighted by Gasteiger charge is -2.08. The van der Waals surface area contributed by atoms with E-state index in [1.165, 1.54) is 22.2 Å². The van der Waals surface area contributed by atoms with E-state index in [1.807, 2.05) is 19.4 Å². The highest BCUT2D eigenvalue weighted by Crippen LogP contribution is 2.24. The Bertz CT molecular complexity index is 712. The molecule has 0 bridgehead atoms. The second kappa shape index (κ2) is 5.74. The summed E-state index contributed by atoms with van der Waals surface area (Å²) < 4.78 is 4.36. The molecule has 3 rings (SSSR count). The first kappa shape index (κ1) is 13.9. The van der Waals surface area contributed by atoms with Crippen LogP contribution < -0.4 is 5.32 Å². The van der Waals surface area contributed by atoms with Crippen molar-refractivity contribution in [3.05, 3.63) is 53.7 Å². The Labute approximate surface area is 125 Å². The van der Waals surface area contributed by atoms with Crippen LogP contribution in [0.5, 0.6) is 0 Å². The first-order valence-corrected chi connectivity index (χ1v) is 7.38. The Balaban J connectivity index is 1.67. The lowest BCUT2D eigenvalue weighted by molar-refractivity contribution is 0.632. The molecule has 0 spiro atoms. The predicted octanol–water partition coefficient (Wildman–Crippen LogP) is 2.55. The third kappa shape index (κ3) is 2.59. The largest absolute Gasteiger partial charge is 0.346 e. The average Bonchev–Trinajstić information content (AvgIpc) is 3.00. The fourth-order valence-corrected chi connectivity index (χ4v) is 2.93. The molecule has 1 aromatic carbocycles. The molecule has 0 atom stereocenters. The minimum atomic E-state index is 0.890. The molecule has 0 fully saturated rings. The van der Waals surface area contributed by atoms with Crippen molar-refractivity contribution in [1.82, 2.24) is 19.4 Å². The van der Waals surface area contributed by atoms with E-state index >= 15 is 0 Å². The van der Waals surface area contributed by atoms with Crippen LogP contribution in [0.2, 0.25) is 0 Å². The summed E-state index contributed by atoms with van der Waals surface area (Å²) in [5, 5.41) is 4.88. The number of hydrogen-bond donors (Lipinski definition) is 1. The van der Waals surface area contributed by atoms with Gasteiger partial charge in [-0.2, -0.15) is 0 Å². The Morgan fingerprint density at radius 3 is 2.71 bits per heavy atom. The van der Waals surface area contributed by atoms with E-state index in [2.05, 4.69) is 57.7 Å². The predicted molar refractivity (Wildman–Crippen MR) is 86.3 cm³/mol. The van der Waals surface area contributed by atoms with Crippen LogP contribution >= 0.6 is 0 Å². The summed E-state index contributed by atoms with van der Waals surface area (Å²) in [4.78, 5) is 4.35. The van der Waals surface area contributed by atoms with Gasteiger partial charge in [-0.15, -0.1) is 0 Å². The van der Waals surface area contributed by atoms with Gasteiger partial charge in [-0.3, -0.25) is 0 Å². The maximum Gasteiger partial charge on any atom is 0.109 e. The number of nitrogens with one attached hydrogen (secondary N) is 1. The summed E-state index contributed by atoms with van der Waals surface area (Å²) in [6.45, 7) is 4.03. The van der Waals surface area contributed by atoms with Gasteiger partial charge < -0.3 is 14.5 Å². The number of aromatic nitrogens is 3. The summed E-state index contributed by atoms with van der Waals surface area (Å²) in [5.74, 6) is 1.12. The minimum Gasteiger partial charge on any atom is -0.346 e. The van der Waals surface area contributed by atoms with Crippen LogP contribution in [0, 0.1) is 6.92 Å². The molecule has 0 aliphatic carbocycles. The summed E-state index contributed by atoms with van der Waals surface area (Å²) in [5.41, 5.74) is 4.03. The van der Waals surface area contributed by atoms with E-state index in [4.69, 9.17) is 0 Å². The Kier molecular flexibility index (Phi) is 3.80. The molecule has 0 radical (unpaired) electrons. The van der Waals surface area contributed by atoms with Gasteiger partial charge in [-0.1, -0.05) is 18.2 Å². The number of hydrogen-bond acceptors (Lipinski definition) is 2. The smallest absolute Gasteiger partial charge is 0.109 e. The number of imidazole rings is 1. The Morgan fingerprint density at radius 2 is 2.00 bits per heavy atom. The van der Waals surface area contributed by atoms with Crippen LogP contribution in [-0.4, -0.2) is 20.7 Å². The zero-order chi connectivity index (χ0) is 14.8. The zero-order valence-electron chi connectivity index (χ0n) is 12.9. The Hall–Kier alpha value is -2.07. The zero-order valence-corrected chi connectivity index (χ0v) is 12.9. The third-order valence-electron chi connectivity index (χ3n) is 4.25. The maximum absolute atomic E-state index is 4.35. The average molecular weight is 282 g/mol. The SMILES string of the molecule is Cc1c(CNCCc2nccn2C)n(C)c2ccccc12. The van der Waals surface area contributed by atoms with Gasteiger partial charge in [-0.05, 0) is 18.6 Å². The van der Waals surface area contributed by atoms with Gasteiger partial charge in [0.25, 0.3) is 0 Å². The van der Waals surface area contributed by atoms with Crippen molar-refractivity contribution in [2.45, 2.75) is 19.9 Å². The van der Waals surface area contributed by atoms with Crippen LogP contribution in [0.4, 0.5) is 0 Å². The van der Waals surface area contributed by atoms with Crippen LogP contribution in [-0.2, 0) is 27.1 Å². The topological polar surface area (TPSA) is 34.8 Å². The molecule has 110 valence electrons. The minimum absolute atomic E-state index is 0.890.